The Kier molecular flexibility index (Phi) is 5.43. The van der Waals surface area contributed by atoms with Gasteiger partial charge in [0.2, 0.25) is 0 Å². The highest BCUT2D eigenvalue weighted by Gasteiger charge is 2.26. The third-order valence-electron chi connectivity index (χ3n) is 4.15. The maximum Gasteiger partial charge on any atom is 0.137 e. The summed E-state index contributed by atoms with van der Waals surface area (Å²) in [6.07, 6.45) is 4.14. The van der Waals surface area contributed by atoms with E-state index in [0.717, 1.165) is 49.5 Å². The molecule has 4 heteroatoms. The molecular weight excluding hydrogens is 260 g/mol. The molecule has 0 bridgehead atoms. The molecule has 0 radical (unpaired) electrons. The van der Waals surface area contributed by atoms with Crippen molar-refractivity contribution in [2.24, 2.45) is 11.8 Å². The first-order valence-corrected chi connectivity index (χ1v) is 8.36. The molecule has 118 valence electrons. The molecule has 0 aromatic carbocycles. The Morgan fingerprint density at radius 2 is 1.90 bits per heavy atom. The lowest BCUT2D eigenvalue weighted by Crippen LogP contribution is -2.40. The van der Waals surface area contributed by atoms with Crippen LogP contribution in [0.3, 0.4) is 0 Å². The largest absolute Gasteiger partial charge is 0.370 e. The zero-order chi connectivity index (χ0) is 15.4. The molecule has 2 rings (SSSR count). The summed E-state index contributed by atoms with van der Waals surface area (Å²) in [5.41, 5.74) is 1.27. The van der Waals surface area contributed by atoms with E-state index >= 15 is 0 Å². The highest BCUT2D eigenvalue weighted by Crippen LogP contribution is 2.34. The van der Waals surface area contributed by atoms with Crippen LogP contribution in [0.1, 0.15) is 58.9 Å². The van der Waals surface area contributed by atoms with Gasteiger partial charge in [-0.3, -0.25) is 0 Å². The first-order chi connectivity index (χ1) is 10.0. The fourth-order valence-corrected chi connectivity index (χ4v) is 3.39. The molecule has 1 aliphatic heterocycles. The quantitative estimate of drug-likeness (QED) is 0.893. The molecule has 2 atom stereocenters. The molecule has 4 nitrogen and oxygen atoms in total. The summed E-state index contributed by atoms with van der Waals surface area (Å²) in [4.78, 5) is 11.6. The monoisotopic (exact) mass is 290 g/mol. The first kappa shape index (κ1) is 16.1. The van der Waals surface area contributed by atoms with Gasteiger partial charge in [0.25, 0.3) is 0 Å². The van der Waals surface area contributed by atoms with Crippen LogP contribution < -0.4 is 10.2 Å². The van der Waals surface area contributed by atoms with Crippen molar-refractivity contribution in [2.75, 3.05) is 29.9 Å². The van der Waals surface area contributed by atoms with Crippen molar-refractivity contribution in [2.45, 2.75) is 53.4 Å². The van der Waals surface area contributed by atoms with Crippen LogP contribution in [0.2, 0.25) is 0 Å². The fourth-order valence-electron chi connectivity index (χ4n) is 3.39. The molecule has 2 unspecified atom stereocenters. The van der Waals surface area contributed by atoms with E-state index in [9.17, 15) is 0 Å². The molecule has 1 aromatic rings. The van der Waals surface area contributed by atoms with E-state index in [0.29, 0.717) is 5.92 Å². The summed E-state index contributed by atoms with van der Waals surface area (Å²) in [5.74, 6) is 4.04. The van der Waals surface area contributed by atoms with Gasteiger partial charge in [-0.05, 0) is 30.6 Å². The van der Waals surface area contributed by atoms with E-state index < -0.39 is 0 Å². The predicted octanol–water partition coefficient (Wildman–Crippen LogP) is 3.90. The van der Waals surface area contributed by atoms with E-state index in [1.54, 1.807) is 6.33 Å². The molecule has 1 aromatic heterocycles. The van der Waals surface area contributed by atoms with Gasteiger partial charge >= 0.3 is 0 Å². The maximum atomic E-state index is 4.64. The molecule has 1 fully saturated rings. The fraction of sp³-hybridized carbons (Fsp3) is 0.765. The smallest absolute Gasteiger partial charge is 0.137 e. The van der Waals surface area contributed by atoms with Crippen LogP contribution in [-0.4, -0.2) is 29.6 Å². The number of anilines is 2. The van der Waals surface area contributed by atoms with Crippen molar-refractivity contribution >= 4 is 11.6 Å². The highest BCUT2D eigenvalue weighted by atomic mass is 15.2. The Morgan fingerprint density at radius 1 is 1.24 bits per heavy atom. The maximum absolute atomic E-state index is 4.64. The molecule has 0 spiro atoms. The standard InChI is InChI=1S/C17H30N4/c1-6-7-18-16-15(12(2)3)17(20-11-19-16)21-9-13(4)8-14(5)10-21/h11-14H,6-10H2,1-5H3,(H,18,19,20). The summed E-state index contributed by atoms with van der Waals surface area (Å²) in [5, 5.41) is 3.47. The first-order valence-electron chi connectivity index (χ1n) is 8.36. The summed E-state index contributed by atoms with van der Waals surface area (Å²) in [7, 11) is 0. The Balaban J connectivity index is 2.33. The minimum absolute atomic E-state index is 0.424. The zero-order valence-corrected chi connectivity index (χ0v) is 14.2. The third-order valence-corrected chi connectivity index (χ3v) is 4.15. The van der Waals surface area contributed by atoms with Gasteiger partial charge in [0.15, 0.2) is 0 Å². The van der Waals surface area contributed by atoms with Gasteiger partial charge in [-0.25, -0.2) is 9.97 Å². The van der Waals surface area contributed by atoms with Gasteiger partial charge in [-0.15, -0.1) is 0 Å². The summed E-state index contributed by atoms with van der Waals surface area (Å²) < 4.78 is 0. The molecular formula is C17H30N4. The minimum atomic E-state index is 0.424. The number of hydrogen-bond acceptors (Lipinski definition) is 4. The van der Waals surface area contributed by atoms with Gasteiger partial charge in [0.05, 0.1) is 0 Å². The topological polar surface area (TPSA) is 41.1 Å². The number of rotatable bonds is 5. The van der Waals surface area contributed by atoms with E-state index in [-0.39, 0.29) is 0 Å². The number of piperidine rings is 1. The highest BCUT2D eigenvalue weighted by molar-refractivity contribution is 5.60. The van der Waals surface area contributed by atoms with Crippen molar-refractivity contribution in [3.63, 3.8) is 0 Å². The van der Waals surface area contributed by atoms with Crippen LogP contribution in [0, 0.1) is 11.8 Å². The Hall–Kier alpha value is -1.32. The van der Waals surface area contributed by atoms with Crippen molar-refractivity contribution in [3.8, 4) is 0 Å². The Morgan fingerprint density at radius 3 is 2.48 bits per heavy atom. The van der Waals surface area contributed by atoms with Crippen LogP contribution in [0.25, 0.3) is 0 Å². The second-order valence-corrected chi connectivity index (χ2v) is 6.89. The molecule has 0 saturated carbocycles. The van der Waals surface area contributed by atoms with Crippen LogP contribution in [0.5, 0.6) is 0 Å². The Bertz CT molecular complexity index is 448. The lowest BCUT2D eigenvalue weighted by Gasteiger charge is -2.37. The summed E-state index contributed by atoms with van der Waals surface area (Å²) in [6.45, 7) is 14.5. The third kappa shape index (κ3) is 3.86. The van der Waals surface area contributed by atoms with E-state index in [1.807, 2.05) is 0 Å². The molecule has 1 N–H and O–H groups in total. The van der Waals surface area contributed by atoms with Gasteiger partial charge in [-0.1, -0.05) is 34.6 Å². The van der Waals surface area contributed by atoms with Crippen LogP contribution in [0.15, 0.2) is 6.33 Å². The molecule has 21 heavy (non-hydrogen) atoms. The van der Waals surface area contributed by atoms with E-state index in [1.165, 1.54) is 12.0 Å². The zero-order valence-electron chi connectivity index (χ0n) is 14.2. The van der Waals surface area contributed by atoms with Gasteiger partial charge < -0.3 is 10.2 Å². The van der Waals surface area contributed by atoms with E-state index in [4.69, 9.17) is 0 Å². The number of aromatic nitrogens is 2. The minimum Gasteiger partial charge on any atom is -0.370 e. The van der Waals surface area contributed by atoms with Gasteiger partial charge in [-0.2, -0.15) is 0 Å². The second kappa shape index (κ2) is 7.10. The SMILES string of the molecule is CCCNc1ncnc(N2CC(C)CC(C)C2)c1C(C)C. The number of nitrogens with one attached hydrogen (secondary N) is 1. The molecule has 0 aliphatic carbocycles. The van der Waals surface area contributed by atoms with Crippen molar-refractivity contribution in [1.29, 1.82) is 0 Å². The average Bonchev–Trinajstić information content (AvgIpc) is 2.43. The summed E-state index contributed by atoms with van der Waals surface area (Å²) >= 11 is 0. The molecule has 1 saturated heterocycles. The number of hydrogen-bond donors (Lipinski definition) is 1. The second-order valence-electron chi connectivity index (χ2n) is 6.89. The Labute approximate surface area is 129 Å². The van der Waals surface area contributed by atoms with E-state index in [2.05, 4.69) is 54.8 Å². The molecule has 1 aliphatic rings. The van der Waals surface area contributed by atoms with Crippen LogP contribution >= 0.6 is 0 Å². The predicted molar refractivity (Wildman–Crippen MR) is 90.1 cm³/mol. The van der Waals surface area contributed by atoms with Gasteiger partial charge in [0.1, 0.15) is 18.0 Å². The number of nitrogens with zero attached hydrogens (tertiary/aromatic N) is 3. The normalized spacial score (nSPS) is 22.7. The van der Waals surface area contributed by atoms with Gasteiger partial charge in [0, 0.05) is 25.2 Å². The lowest BCUT2D eigenvalue weighted by molar-refractivity contribution is 0.354. The van der Waals surface area contributed by atoms with Crippen LogP contribution in [-0.2, 0) is 0 Å². The summed E-state index contributed by atoms with van der Waals surface area (Å²) in [6, 6.07) is 0. The molecule has 2 heterocycles. The molecule has 0 amide bonds. The van der Waals surface area contributed by atoms with Crippen molar-refractivity contribution in [1.82, 2.24) is 9.97 Å². The average molecular weight is 290 g/mol. The lowest BCUT2D eigenvalue weighted by atomic mass is 9.91. The van der Waals surface area contributed by atoms with Crippen LogP contribution in [0.4, 0.5) is 11.6 Å². The van der Waals surface area contributed by atoms with Crippen molar-refractivity contribution in [3.05, 3.63) is 11.9 Å². The van der Waals surface area contributed by atoms with Crippen molar-refractivity contribution < 1.29 is 0 Å².